The van der Waals surface area contributed by atoms with Crippen LogP contribution in [0, 0.1) is 0 Å². The first-order chi connectivity index (χ1) is 40.3. The number of aromatic nitrogens is 1. The average molecular weight is 1110 g/mol. The highest BCUT2D eigenvalue weighted by Crippen LogP contribution is 2.53. The molecule has 85 heavy (non-hydrogen) atoms. The minimum atomic E-state index is -0.186. The van der Waals surface area contributed by atoms with Crippen LogP contribution in [0.25, 0.3) is 44.1 Å². The van der Waals surface area contributed by atoms with Crippen LogP contribution in [-0.4, -0.2) is 11.3 Å². The summed E-state index contributed by atoms with van der Waals surface area (Å²) in [6, 6.07) is 83.6. The third kappa shape index (κ3) is 9.74. The molecule has 1 aromatic heterocycles. The van der Waals surface area contributed by atoms with Crippen molar-refractivity contribution in [1.82, 2.24) is 4.48 Å². The molecule has 0 fully saturated rings. The van der Waals surface area contributed by atoms with E-state index >= 15 is 0 Å². The van der Waals surface area contributed by atoms with Gasteiger partial charge in [0.1, 0.15) is 0 Å². The van der Waals surface area contributed by atoms with Crippen LogP contribution in [0.1, 0.15) is 132 Å². The maximum absolute atomic E-state index is 2.74. The van der Waals surface area contributed by atoms with Crippen molar-refractivity contribution in [2.45, 2.75) is 131 Å². The van der Waals surface area contributed by atoms with Gasteiger partial charge in [-0.1, -0.05) is 213 Å². The molecule has 2 aliphatic rings. The van der Waals surface area contributed by atoms with Gasteiger partial charge in [0, 0.05) is 78.4 Å². The topological polar surface area (TPSA) is 14.7 Å². The van der Waals surface area contributed by atoms with Gasteiger partial charge in [-0.15, -0.1) is 0 Å². The van der Waals surface area contributed by atoms with Crippen LogP contribution in [0.5, 0.6) is 0 Å². The number of hydrogen-bond donors (Lipinski definition) is 0. The molecule has 2 aliphatic heterocycles. The second-order valence-electron chi connectivity index (χ2n) is 29.2. The molecule has 0 saturated carbocycles. The predicted molar refractivity (Wildman–Crippen MR) is 368 cm³/mol. The minimum Gasteiger partial charge on any atom is -0.375 e. The Morgan fingerprint density at radius 1 is 0.306 bits per heavy atom. The molecule has 0 amide bonds. The van der Waals surface area contributed by atoms with Crippen LogP contribution >= 0.6 is 0 Å². The van der Waals surface area contributed by atoms with Gasteiger partial charge in [-0.2, -0.15) is 0 Å². The largest absolute Gasteiger partial charge is 0.375 e. The molecule has 13 rings (SSSR count). The van der Waals surface area contributed by atoms with Crippen molar-refractivity contribution in [2.24, 2.45) is 0 Å². The first kappa shape index (κ1) is 55.6. The van der Waals surface area contributed by atoms with Crippen LogP contribution in [0.3, 0.4) is 0 Å². The molecule has 0 radical (unpaired) electrons. The van der Waals surface area contributed by atoms with Gasteiger partial charge in [0.25, 0.3) is 0 Å². The highest BCUT2D eigenvalue weighted by atomic mass is 15.2. The second kappa shape index (κ2) is 20.1. The van der Waals surface area contributed by atoms with Crippen molar-refractivity contribution in [3.63, 3.8) is 0 Å². The molecule has 0 atom stereocenters. The van der Waals surface area contributed by atoms with Crippen LogP contribution in [-0.2, 0) is 27.1 Å². The molecular weight excluding hydrogens is 1030 g/mol. The Bertz CT molecular complexity index is 4250. The number of rotatable bonds is 8. The lowest BCUT2D eigenvalue weighted by atomic mass is 9.45. The van der Waals surface area contributed by atoms with Gasteiger partial charge in [-0.05, 0) is 186 Å². The van der Waals surface area contributed by atoms with Crippen molar-refractivity contribution in [1.29, 1.82) is 0 Å². The quantitative estimate of drug-likeness (QED) is 0.141. The molecule has 0 saturated heterocycles. The lowest BCUT2D eigenvalue weighted by Crippen LogP contribution is -2.56. The zero-order valence-electron chi connectivity index (χ0n) is 52.7. The number of anilines is 9. The fourth-order valence-electron chi connectivity index (χ4n) is 13.2. The average Bonchev–Trinajstić information content (AvgIpc) is 1.75. The van der Waals surface area contributed by atoms with E-state index in [1.807, 2.05) is 0 Å². The van der Waals surface area contributed by atoms with Crippen molar-refractivity contribution >= 4 is 90.8 Å². The Morgan fingerprint density at radius 2 is 0.741 bits per heavy atom. The molecule has 3 heterocycles. The molecule has 5 heteroatoms. The number of hydrogen-bond acceptors (Lipinski definition) is 3. The zero-order valence-corrected chi connectivity index (χ0v) is 52.7. The summed E-state index contributed by atoms with van der Waals surface area (Å²) in [7, 11) is 0. The summed E-state index contributed by atoms with van der Waals surface area (Å²) >= 11 is 0. The summed E-state index contributed by atoms with van der Waals surface area (Å²) in [4.78, 5) is 7.60. The first-order valence-electron chi connectivity index (χ1n) is 30.7. The summed E-state index contributed by atoms with van der Waals surface area (Å²) in [5.41, 5.74) is 26.2. The van der Waals surface area contributed by atoms with E-state index in [0.29, 0.717) is 0 Å². The van der Waals surface area contributed by atoms with E-state index in [1.165, 1.54) is 82.8 Å². The highest BCUT2D eigenvalue weighted by molar-refractivity contribution is 6.90. The fourth-order valence-corrected chi connectivity index (χ4v) is 13.2. The van der Waals surface area contributed by atoms with Crippen molar-refractivity contribution in [3.05, 3.63) is 246 Å². The Hall–Kier alpha value is -8.54. The van der Waals surface area contributed by atoms with Gasteiger partial charge in [0.2, 0.25) is 0 Å². The molecule has 0 spiro atoms. The SMILES string of the molecule is CC(C)(C)c1ccc(N(c2ccc(C(C)(C)C)cc2)c2cc3c4c(c2)N(c2ccc(C(C)(C)C)cc2-c2ccccc2)c2cc(N(c5ccccc5)c5ccccc5)ccc2B4n2c4ccc(C(C)(C)C)cc4c4cc(C(C)(C)C)cc-3c42)cc1. The lowest BCUT2D eigenvalue weighted by molar-refractivity contribution is 0.590. The Kier molecular flexibility index (Phi) is 13.1. The maximum atomic E-state index is 2.74. The molecule has 424 valence electrons. The van der Waals surface area contributed by atoms with Crippen LogP contribution in [0.4, 0.5) is 51.2 Å². The summed E-state index contributed by atoms with van der Waals surface area (Å²) < 4.78 is 2.74. The van der Waals surface area contributed by atoms with Crippen LogP contribution < -0.4 is 25.6 Å². The monoisotopic (exact) mass is 1110 g/mol. The Morgan fingerprint density at radius 3 is 1.28 bits per heavy atom. The molecule has 10 aromatic carbocycles. The van der Waals surface area contributed by atoms with Crippen molar-refractivity contribution in [2.75, 3.05) is 14.7 Å². The second-order valence-corrected chi connectivity index (χ2v) is 29.2. The number of fused-ring (bicyclic) bond motifs is 7. The summed E-state index contributed by atoms with van der Waals surface area (Å²) in [5, 5.41) is 2.60. The summed E-state index contributed by atoms with van der Waals surface area (Å²) in [6.07, 6.45) is 0. The molecule has 11 aromatic rings. The van der Waals surface area contributed by atoms with E-state index in [1.54, 1.807) is 0 Å². The summed E-state index contributed by atoms with van der Waals surface area (Å²) in [6.45, 7) is 34.8. The van der Waals surface area contributed by atoms with E-state index < -0.39 is 0 Å². The minimum absolute atomic E-state index is 0.0133. The van der Waals surface area contributed by atoms with Crippen LogP contribution in [0.15, 0.2) is 218 Å². The first-order valence-corrected chi connectivity index (χ1v) is 30.7. The lowest BCUT2D eigenvalue weighted by Gasteiger charge is -2.43. The fraction of sp³-hybridized carbons (Fsp3) is 0.250. The maximum Gasteiger partial charge on any atom is 0.333 e. The van der Waals surface area contributed by atoms with Crippen molar-refractivity contribution in [3.8, 4) is 22.3 Å². The zero-order chi connectivity index (χ0) is 59.7. The predicted octanol–water partition coefficient (Wildman–Crippen LogP) is 21.3. The van der Waals surface area contributed by atoms with E-state index in [-0.39, 0.29) is 33.9 Å². The highest BCUT2D eigenvalue weighted by Gasteiger charge is 2.45. The number of nitrogens with zero attached hydrogens (tertiary/aromatic N) is 4. The van der Waals surface area contributed by atoms with Gasteiger partial charge >= 0.3 is 6.85 Å². The summed E-state index contributed by atoms with van der Waals surface area (Å²) in [5.74, 6) is 0. The smallest absolute Gasteiger partial charge is 0.333 e. The molecule has 0 N–H and O–H groups in total. The van der Waals surface area contributed by atoms with E-state index in [0.717, 1.165) is 51.2 Å². The third-order valence-electron chi connectivity index (χ3n) is 18.1. The van der Waals surface area contributed by atoms with Gasteiger partial charge in [0.15, 0.2) is 0 Å². The van der Waals surface area contributed by atoms with Gasteiger partial charge in [-0.25, -0.2) is 0 Å². The number of benzene rings is 10. The Labute approximate surface area is 506 Å². The number of para-hydroxylation sites is 2. The molecular formula is C80H81BN4. The molecule has 0 aliphatic carbocycles. The van der Waals surface area contributed by atoms with E-state index in [4.69, 9.17) is 0 Å². The van der Waals surface area contributed by atoms with Crippen molar-refractivity contribution < 1.29 is 0 Å². The third-order valence-corrected chi connectivity index (χ3v) is 18.1. The van der Waals surface area contributed by atoms with E-state index in [9.17, 15) is 0 Å². The van der Waals surface area contributed by atoms with Gasteiger partial charge in [0.05, 0.1) is 5.69 Å². The molecule has 0 bridgehead atoms. The normalized spacial score (nSPS) is 13.3. The molecule has 4 nitrogen and oxygen atoms in total. The van der Waals surface area contributed by atoms with Crippen LogP contribution in [0.2, 0.25) is 0 Å². The Balaban J connectivity index is 1.21. The standard InChI is InChI=1S/C80H81BN4/c1-76(2,3)53-31-37-60(38-32-53)83(61-39-33-54(34-40-61)77(4,5)6)63-49-66-68-48-57(80(13,14)15)47-67-65-46-56(79(10,11)12)36-44-71(65)85(75(67)68)81-69-42-41-62(82(58-27-21-17-22-28-58)59-29-23-18-24-30-59)50-72(69)84(73(51-63)74(66)81)70-43-35-55(78(7,8)9)45-64(70)52-25-19-16-20-26-52/h16-51H,1-15H3. The molecule has 0 unspecified atom stereocenters. The van der Waals surface area contributed by atoms with Gasteiger partial charge in [-0.3, -0.25) is 0 Å². The van der Waals surface area contributed by atoms with Gasteiger partial charge < -0.3 is 19.2 Å². The van der Waals surface area contributed by atoms with E-state index in [2.05, 4.69) is 341 Å².